The first-order chi connectivity index (χ1) is 12.1. The van der Waals surface area contributed by atoms with Gasteiger partial charge in [0.05, 0.1) is 18.8 Å². The zero-order chi connectivity index (χ0) is 17.8. The number of rotatable bonds is 6. The van der Waals surface area contributed by atoms with E-state index in [4.69, 9.17) is 4.74 Å². The molecule has 0 aromatic heterocycles. The minimum atomic E-state index is -0.575. The van der Waals surface area contributed by atoms with Gasteiger partial charge in [-0.2, -0.15) is 0 Å². The number of hydrogen-bond donors (Lipinski definition) is 1. The van der Waals surface area contributed by atoms with Crippen LogP contribution in [0.5, 0.6) is 0 Å². The van der Waals surface area contributed by atoms with Gasteiger partial charge in [-0.05, 0) is 49.1 Å². The summed E-state index contributed by atoms with van der Waals surface area (Å²) in [7, 11) is 2.15. The number of nitrogens with zero attached hydrogens (tertiary/aromatic N) is 1. The highest BCUT2D eigenvalue weighted by Gasteiger charge is 2.34. The van der Waals surface area contributed by atoms with Crippen molar-refractivity contribution >= 4 is 0 Å². The lowest BCUT2D eigenvalue weighted by molar-refractivity contribution is -0.0232. The third-order valence-electron chi connectivity index (χ3n) is 5.31. The van der Waals surface area contributed by atoms with Crippen LogP contribution in [0.3, 0.4) is 0 Å². The van der Waals surface area contributed by atoms with E-state index in [1.165, 1.54) is 11.1 Å². The van der Waals surface area contributed by atoms with E-state index in [0.29, 0.717) is 6.61 Å². The van der Waals surface area contributed by atoms with Crippen LogP contribution in [-0.4, -0.2) is 36.3 Å². The minimum Gasteiger partial charge on any atom is -0.386 e. The van der Waals surface area contributed by atoms with Crippen molar-refractivity contribution in [3.63, 3.8) is 0 Å². The second-order valence-electron chi connectivity index (χ2n) is 7.06. The fourth-order valence-electron chi connectivity index (χ4n) is 3.78. The van der Waals surface area contributed by atoms with Gasteiger partial charge in [0.25, 0.3) is 0 Å². The summed E-state index contributed by atoms with van der Waals surface area (Å²) in [6.45, 7) is 5.55. The van der Waals surface area contributed by atoms with E-state index < -0.39 is 6.10 Å². The molecule has 25 heavy (non-hydrogen) atoms. The van der Waals surface area contributed by atoms with E-state index >= 15 is 0 Å². The Bertz CT molecular complexity index is 686. The van der Waals surface area contributed by atoms with E-state index in [1.54, 1.807) is 0 Å². The van der Waals surface area contributed by atoms with Crippen molar-refractivity contribution in [2.24, 2.45) is 0 Å². The van der Waals surface area contributed by atoms with Crippen LogP contribution in [0.2, 0.25) is 0 Å². The predicted octanol–water partition coefficient (Wildman–Crippen LogP) is 4.05. The molecule has 3 heteroatoms. The smallest absolute Gasteiger partial charge is 0.103 e. The van der Waals surface area contributed by atoms with Crippen LogP contribution in [0.15, 0.2) is 48.5 Å². The molecule has 1 aliphatic rings. The largest absolute Gasteiger partial charge is 0.386 e. The number of likely N-dealkylation sites (N-methyl/N-ethyl adjacent to an activating group) is 1. The Morgan fingerprint density at radius 1 is 1.20 bits per heavy atom. The van der Waals surface area contributed by atoms with Gasteiger partial charge in [-0.1, -0.05) is 55.5 Å². The first-order valence-electron chi connectivity index (χ1n) is 9.24. The highest BCUT2D eigenvalue weighted by atomic mass is 16.5. The van der Waals surface area contributed by atoms with Crippen LogP contribution in [0.25, 0.3) is 0 Å². The van der Waals surface area contributed by atoms with Crippen LogP contribution >= 0.6 is 0 Å². The van der Waals surface area contributed by atoms with Crippen molar-refractivity contribution in [2.75, 3.05) is 20.2 Å². The molecule has 2 aromatic carbocycles. The first-order valence-corrected chi connectivity index (χ1v) is 9.24. The zero-order valence-electron chi connectivity index (χ0n) is 15.5. The van der Waals surface area contributed by atoms with E-state index in [0.717, 1.165) is 30.5 Å². The maximum atomic E-state index is 10.7. The molecule has 2 unspecified atom stereocenters. The Kier molecular flexibility index (Phi) is 5.89. The number of benzene rings is 2. The maximum absolute atomic E-state index is 10.7. The Morgan fingerprint density at radius 3 is 2.68 bits per heavy atom. The van der Waals surface area contributed by atoms with Gasteiger partial charge in [-0.25, -0.2) is 0 Å². The summed E-state index contributed by atoms with van der Waals surface area (Å²) < 4.78 is 6.19. The monoisotopic (exact) mass is 339 g/mol. The van der Waals surface area contributed by atoms with Crippen LogP contribution < -0.4 is 0 Å². The first kappa shape index (κ1) is 18.1. The summed E-state index contributed by atoms with van der Waals surface area (Å²) in [6, 6.07) is 17.1. The summed E-state index contributed by atoms with van der Waals surface area (Å²) in [5.74, 6) is 0. The molecule has 0 saturated carbocycles. The molecule has 0 aliphatic carbocycles. The van der Waals surface area contributed by atoms with Crippen molar-refractivity contribution in [1.29, 1.82) is 0 Å². The Morgan fingerprint density at radius 2 is 1.96 bits per heavy atom. The molecule has 0 amide bonds. The van der Waals surface area contributed by atoms with Gasteiger partial charge in [0, 0.05) is 6.54 Å². The van der Waals surface area contributed by atoms with Crippen molar-refractivity contribution < 1.29 is 9.84 Å². The molecule has 2 aromatic rings. The highest BCUT2D eigenvalue weighted by Crippen LogP contribution is 2.33. The molecule has 1 saturated heterocycles. The van der Waals surface area contributed by atoms with E-state index in [1.807, 2.05) is 13.0 Å². The number of aryl methyl sites for hydroxylation is 2. The van der Waals surface area contributed by atoms with Crippen LogP contribution in [0.4, 0.5) is 0 Å². The molecular formula is C22H29NO2. The summed E-state index contributed by atoms with van der Waals surface area (Å²) in [4.78, 5) is 2.34. The number of likely N-dealkylation sites (tertiary alicyclic amines) is 1. The zero-order valence-corrected chi connectivity index (χ0v) is 15.5. The van der Waals surface area contributed by atoms with Gasteiger partial charge >= 0.3 is 0 Å². The summed E-state index contributed by atoms with van der Waals surface area (Å²) in [5, 5.41) is 10.7. The second-order valence-corrected chi connectivity index (χ2v) is 7.06. The summed E-state index contributed by atoms with van der Waals surface area (Å²) in [6.07, 6.45) is 1.52. The molecule has 1 fully saturated rings. The molecule has 3 nitrogen and oxygen atoms in total. The molecule has 3 rings (SSSR count). The minimum absolute atomic E-state index is 0.122. The third-order valence-corrected chi connectivity index (χ3v) is 5.31. The SMILES string of the molecule is CCc1ccc(C)c(C(O)COC2CCN(C)[C@H]2c2ccccc2)c1. The Labute approximate surface area is 151 Å². The lowest BCUT2D eigenvalue weighted by Crippen LogP contribution is -2.27. The van der Waals surface area contributed by atoms with Crippen LogP contribution in [0, 0.1) is 6.92 Å². The van der Waals surface area contributed by atoms with Gasteiger partial charge in [0.15, 0.2) is 0 Å². The van der Waals surface area contributed by atoms with Crippen molar-refractivity contribution in [2.45, 2.75) is 44.9 Å². The Balaban J connectivity index is 1.68. The summed E-state index contributed by atoms with van der Waals surface area (Å²) in [5.41, 5.74) is 4.65. The molecule has 1 aliphatic heterocycles. The normalized spacial score (nSPS) is 22.2. The van der Waals surface area contributed by atoms with Gasteiger partial charge in [0.1, 0.15) is 6.10 Å². The van der Waals surface area contributed by atoms with Crippen molar-refractivity contribution in [1.82, 2.24) is 4.90 Å². The van der Waals surface area contributed by atoms with Crippen LogP contribution in [-0.2, 0) is 11.2 Å². The molecule has 1 heterocycles. The lowest BCUT2D eigenvalue weighted by atomic mass is 9.99. The topological polar surface area (TPSA) is 32.7 Å². The molecule has 0 bridgehead atoms. The number of aliphatic hydroxyl groups is 1. The van der Waals surface area contributed by atoms with E-state index in [2.05, 4.69) is 61.3 Å². The average Bonchev–Trinajstić information content (AvgIpc) is 3.01. The predicted molar refractivity (Wildman–Crippen MR) is 102 cm³/mol. The van der Waals surface area contributed by atoms with E-state index in [-0.39, 0.29) is 12.1 Å². The van der Waals surface area contributed by atoms with Crippen molar-refractivity contribution in [3.05, 3.63) is 70.8 Å². The third kappa shape index (κ3) is 4.12. The van der Waals surface area contributed by atoms with Crippen molar-refractivity contribution in [3.8, 4) is 0 Å². The molecule has 0 radical (unpaired) electrons. The fourth-order valence-corrected chi connectivity index (χ4v) is 3.78. The number of aliphatic hydroxyl groups excluding tert-OH is 1. The molecule has 134 valence electrons. The standard InChI is InChI=1S/C22H29NO2/c1-4-17-11-10-16(2)19(14-17)20(24)15-25-21-12-13-23(3)22(21)18-8-6-5-7-9-18/h5-11,14,20-22,24H,4,12-13,15H2,1-3H3/t20?,21?,22-/m0/s1. The molecular weight excluding hydrogens is 310 g/mol. The maximum Gasteiger partial charge on any atom is 0.103 e. The fraction of sp³-hybridized carbons (Fsp3) is 0.455. The molecule has 3 atom stereocenters. The van der Waals surface area contributed by atoms with E-state index in [9.17, 15) is 5.11 Å². The number of hydrogen-bond acceptors (Lipinski definition) is 3. The molecule has 1 N–H and O–H groups in total. The molecule has 0 spiro atoms. The van der Waals surface area contributed by atoms with Gasteiger partial charge < -0.3 is 9.84 Å². The summed E-state index contributed by atoms with van der Waals surface area (Å²) >= 11 is 0. The second kappa shape index (κ2) is 8.13. The van der Waals surface area contributed by atoms with Gasteiger partial charge in [0.2, 0.25) is 0 Å². The quantitative estimate of drug-likeness (QED) is 0.862. The van der Waals surface area contributed by atoms with Gasteiger partial charge in [-0.3, -0.25) is 4.90 Å². The number of ether oxygens (including phenoxy) is 1. The van der Waals surface area contributed by atoms with Gasteiger partial charge in [-0.15, -0.1) is 0 Å². The highest BCUT2D eigenvalue weighted by molar-refractivity contribution is 5.33. The Hall–Kier alpha value is -1.68. The average molecular weight is 339 g/mol. The lowest BCUT2D eigenvalue weighted by Gasteiger charge is -2.26. The van der Waals surface area contributed by atoms with Crippen LogP contribution in [0.1, 0.15) is 47.7 Å².